The summed E-state index contributed by atoms with van der Waals surface area (Å²) in [5.74, 6) is 2.34. The average molecular weight is 327 g/mol. The SMILES string of the molecule is COc1ccc(C(=O)C=CNc2ccc3c(c2)OCO3)cc1OC. The lowest BCUT2D eigenvalue weighted by molar-refractivity contribution is 0.104. The number of anilines is 1. The second kappa shape index (κ2) is 6.95. The van der Waals surface area contributed by atoms with Crippen molar-refractivity contribution >= 4 is 11.5 Å². The zero-order valence-corrected chi connectivity index (χ0v) is 13.4. The van der Waals surface area contributed by atoms with Gasteiger partial charge in [-0.1, -0.05) is 0 Å². The van der Waals surface area contributed by atoms with E-state index in [1.54, 1.807) is 31.5 Å². The summed E-state index contributed by atoms with van der Waals surface area (Å²) in [5.41, 5.74) is 1.31. The second-order valence-electron chi connectivity index (χ2n) is 4.98. The quantitative estimate of drug-likeness (QED) is 0.649. The highest BCUT2D eigenvalue weighted by Crippen LogP contribution is 2.34. The minimum absolute atomic E-state index is 0.149. The first-order valence-electron chi connectivity index (χ1n) is 7.30. The van der Waals surface area contributed by atoms with E-state index in [-0.39, 0.29) is 12.6 Å². The summed E-state index contributed by atoms with van der Waals surface area (Å²) in [6, 6.07) is 10.5. The van der Waals surface area contributed by atoms with Gasteiger partial charge in [0.1, 0.15) is 0 Å². The van der Waals surface area contributed by atoms with E-state index in [0.717, 1.165) is 5.69 Å². The predicted octanol–water partition coefficient (Wildman–Crippen LogP) is 3.24. The molecule has 1 aliphatic heterocycles. The van der Waals surface area contributed by atoms with Gasteiger partial charge in [0.15, 0.2) is 28.8 Å². The molecule has 1 heterocycles. The maximum Gasteiger partial charge on any atom is 0.231 e. The zero-order chi connectivity index (χ0) is 16.9. The third-order valence-electron chi connectivity index (χ3n) is 3.53. The van der Waals surface area contributed by atoms with Crippen LogP contribution in [0.1, 0.15) is 10.4 Å². The van der Waals surface area contributed by atoms with Gasteiger partial charge in [0.2, 0.25) is 6.79 Å². The fourth-order valence-corrected chi connectivity index (χ4v) is 2.29. The molecule has 3 rings (SSSR count). The van der Waals surface area contributed by atoms with Gasteiger partial charge in [-0.2, -0.15) is 0 Å². The number of fused-ring (bicyclic) bond motifs is 1. The lowest BCUT2D eigenvalue weighted by Gasteiger charge is -2.08. The molecular weight excluding hydrogens is 310 g/mol. The van der Waals surface area contributed by atoms with Gasteiger partial charge in [0, 0.05) is 29.6 Å². The summed E-state index contributed by atoms with van der Waals surface area (Å²) >= 11 is 0. The van der Waals surface area contributed by atoms with E-state index in [2.05, 4.69) is 5.32 Å². The van der Waals surface area contributed by atoms with Crippen LogP contribution in [0.3, 0.4) is 0 Å². The molecule has 0 amide bonds. The van der Waals surface area contributed by atoms with Crippen LogP contribution < -0.4 is 24.3 Å². The molecule has 1 aliphatic rings. The van der Waals surface area contributed by atoms with Crippen LogP contribution in [0.5, 0.6) is 23.0 Å². The Hall–Kier alpha value is -3.15. The van der Waals surface area contributed by atoms with Gasteiger partial charge in [0.25, 0.3) is 0 Å². The van der Waals surface area contributed by atoms with Crippen LogP contribution in [-0.2, 0) is 0 Å². The molecule has 0 fully saturated rings. The molecule has 1 N–H and O–H groups in total. The monoisotopic (exact) mass is 327 g/mol. The number of hydrogen-bond acceptors (Lipinski definition) is 6. The van der Waals surface area contributed by atoms with Gasteiger partial charge in [-0.05, 0) is 30.3 Å². The zero-order valence-electron chi connectivity index (χ0n) is 13.4. The summed E-state index contributed by atoms with van der Waals surface area (Å²) in [6.45, 7) is 0.229. The van der Waals surface area contributed by atoms with E-state index >= 15 is 0 Å². The number of hydrogen-bond donors (Lipinski definition) is 1. The van der Waals surface area contributed by atoms with Crippen molar-refractivity contribution in [1.29, 1.82) is 0 Å². The molecule has 0 aliphatic carbocycles. The van der Waals surface area contributed by atoms with Gasteiger partial charge in [-0.15, -0.1) is 0 Å². The highest BCUT2D eigenvalue weighted by atomic mass is 16.7. The van der Waals surface area contributed by atoms with Crippen molar-refractivity contribution in [3.63, 3.8) is 0 Å². The van der Waals surface area contributed by atoms with E-state index in [9.17, 15) is 4.79 Å². The molecule has 0 aromatic heterocycles. The number of carbonyl (C=O) groups excluding carboxylic acids is 1. The van der Waals surface area contributed by atoms with Gasteiger partial charge in [-0.3, -0.25) is 4.79 Å². The standard InChI is InChI=1S/C18H17NO5/c1-21-15-5-3-12(9-17(15)22-2)14(20)7-8-19-13-4-6-16-18(10-13)24-11-23-16/h3-10,19H,11H2,1-2H3. The summed E-state index contributed by atoms with van der Waals surface area (Å²) in [7, 11) is 3.08. The number of methoxy groups -OCH3 is 2. The minimum Gasteiger partial charge on any atom is -0.493 e. The highest BCUT2D eigenvalue weighted by Gasteiger charge is 2.13. The first kappa shape index (κ1) is 15.7. The molecule has 0 atom stereocenters. The van der Waals surface area contributed by atoms with E-state index in [1.165, 1.54) is 13.2 Å². The number of carbonyl (C=O) groups is 1. The number of ether oxygens (including phenoxy) is 4. The van der Waals surface area contributed by atoms with E-state index in [0.29, 0.717) is 28.6 Å². The number of ketones is 1. The molecule has 0 bridgehead atoms. The number of allylic oxidation sites excluding steroid dienone is 1. The molecule has 24 heavy (non-hydrogen) atoms. The Labute approximate surface area is 139 Å². The van der Waals surface area contributed by atoms with Crippen molar-refractivity contribution in [3.05, 3.63) is 54.2 Å². The number of rotatable bonds is 6. The third kappa shape index (κ3) is 3.27. The maximum atomic E-state index is 12.2. The van der Waals surface area contributed by atoms with Crippen molar-refractivity contribution in [2.45, 2.75) is 0 Å². The van der Waals surface area contributed by atoms with Crippen molar-refractivity contribution < 1.29 is 23.7 Å². The van der Waals surface area contributed by atoms with Crippen LogP contribution in [0.4, 0.5) is 5.69 Å². The van der Waals surface area contributed by atoms with Crippen molar-refractivity contribution in [2.75, 3.05) is 26.3 Å². The van der Waals surface area contributed by atoms with E-state index < -0.39 is 0 Å². The van der Waals surface area contributed by atoms with Gasteiger partial charge in [-0.25, -0.2) is 0 Å². The summed E-state index contributed by atoms with van der Waals surface area (Å²) in [6.07, 6.45) is 3.03. The first-order chi connectivity index (χ1) is 11.7. The summed E-state index contributed by atoms with van der Waals surface area (Å²) in [4.78, 5) is 12.2. The molecular formula is C18H17NO5. The Balaban J connectivity index is 1.67. The first-order valence-corrected chi connectivity index (χ1v) is 7.30. The Morgan fingerprint density at radius 1 is 1.04 bits per heavy atom. The lowest BCUT2D eigenvalue weighted by Crippen LogP contribution is -1.98. The molecule has 0 saturated heterocycles. The van der Waals surface area contributed by atoms with Crippen LogP contribution >= 0.6 is 0 Å². The summed E-state index contributed by atoms with van der Waals surface area (Å²) < 4.78 is 20.9. The summed E-state index contributed by atoms with van der Waals surface area (Å²) in [5, 5.41) is 3.03. The average Bonchev–Trinajstić information content (AvgIpc) is 3.08. The molecule has 2 aromatic rings. The van der Waals surface area contributed by atoms with Crippen molar-refractivity contribution in [1.82, 2.24) is 0 Å². The van der Waals surface area contributed by atoms with E-state index in [4.69, 9.17) is 18.9 Å². The van der Waals surface area contributed by atoms with Gasteiger partial charge < -0.3 is 24.3 Å². The molecule has 0 saturated carbocycles. The normalized spacial score (nSPS) is 12.2. The van der Waals surface area contributed by atoms with Crippen LogP contribution in [-0.4, -0.2) is 26.8 Å². The van der Waals surface area contributed by atoms with Gasteiger partial charge >= 0.3 is 0 Å². The number of benzene rings is 2. The van der Waals surface area contributed by atoms with Crippen LogP contribution in [0.2, 0.25) is 0 Å². The Morgan fingerprint density at radius 2 is 1.83 bits per heavy atom. The molecule has 0 unspecified atom stereocenters. The van der Waals surface area contributed by atoms with E-state index in [1.807, 2.05) is 18.2 Å². The Morgan fingerprint density at radius 3 is 2.62 bits per heavy atom. The molecule has 6 heteroatoms. The number of nitrogens with one attached hydrogen (secondary N) is 1. The molecule has 0 spiro atoms. The second-order valence-corrected chi connectivity index (χ2v) is 4.98. The Bertz CT molecular complexity index is 785. The molecule has 2 aromatic carbocycles. The van der Waals surface area contributed by atoms with Crippen molar-refractivity contribution in [3.8, 4) is 23.0 Å². The molecule has 6 nitrogen and oxygen atoms in total. The maximum absolute atomic E-state index is 12.2. The topological polar surface area (TPSA) is 66.0 Å². The van der Waals surface area contributed by atoms with Crippen molar-refractivity contribution in [2.24, 2.45) is 0 Å². The lowest BCUT2D eigenvalue weighted by atomic mass is 10.1. The predicted molar refractivity (Wildman–Crippen MR) is 89.2 cm³/mol. The molecule has 0 radical (unpaired) electrons. The Kier molecular flexibility index (Phi) is 4.56. The van der Waals surface area contributed by atoms with Crippen LogP contribution in [0.15, 0.2) is 48.7 Å². The third-order valence-corrected chi connectivity index (χ3v) is 3.53. The highest BCUT2D eigenvalue weighted by molar-refractivity contribution is 6.05. The fraction of sp³-hybridized carbons (Fsp3) is 0.167. The minimum atomic E-state index is -0.149. The smallest absolute Gasteiger partial charge is 0.231 e. The fourth-order valence-electron chi connectivity index (χ4n) is 2.29. The molecule has 124 valence electrons. The van der Waals surface area contributed by atoms with Gasteiger partial charge in [0.05, 0.1) is 14.2 Å². The largest absolute Gasteiger partial charge is 0.493 e. The van der Waals surface area contributed by atoms with Crippen LogP contribution in [0, 0.1) is 0 Å². The van der Waals surface area contributed by atoms with Crippen LogP contribution in [0.25, 0.3) is 0 Å².